The van der Waals surface area contributed by atoms with E-state index in [0.29, 0.717) is 30.1 Å². The first-order valence-electron chi connectivity index (χ1n) is 10.9. The van der Waals surface area contributed by atoms with Crippen LogP contribution in [0.4, 0.5) is 0 Å². The molecule has 1 aromatic heterocycles. The van der Waals surface area contributed by atoms with Crippen molar-refractivity contribution in [1.82, 2.24) is 14.8 Å². The topological polar surface area (TPSA) is 54.9 Å². The maximum atomic E-state index is 12.9. The maximum absolute atomic E-state index is 12.9. The van der Waals surface area contributed by atoms with E-state index < -0.39 is 0 Å². The van der Waals surface area contributed by atoms with Crippen LogP contribution in [0.1, 0.15) is 41.6 Å². The molecule has 6 heteroatoms. The standard InChI is InChI=1S/C24H31N3O3/c1-29-23-22(10-5-13-25-23)24(28)26-15-11-20(12-16-26)27-14-6-9-21(27)18-30-17-19-7-3-2-4-8-19/h2-5,7-8,10,13,20-21H,6,9,11-12,14-18H2,1H3. The number of piperidine rings is 1. The lowest BCUT2D eigenvalue weighted by atomic mass is 10.0. The zero-order valence-electron chi connectivity index (χ0n) is 17.7. The summed E-state index contributed by atoms with van der Waals surface area (Å²) in [5.74, 6) is 0.419. The van der Waals surface area contributed by atoms with Gasteiger partial charge in [-0.25, -0.2) is 4.98 Å². The van der Waals surface area contributed by atoms with Gasteiger partial charge in [-0.2, -0.15) is 0 Å². The highest BCUT2D eigenvalue weighted by Crippen LogP contribution is 2.27. The largest absolute Gasteiger partial charge is 0.480 e. The Morgan fingerprint density at radius 2 is 1.87 bits per heavy atom. The van der Waals surface area contributed by atoms with Gasteiger partial charge in [-0.15, -0.1) is 0 Å². The van der Waals surface area contributed by atoms with Gasteiger partial charge in [0.1, 0.15) is 5.56 Å². The molecule has 0 radical (unpaired) electrons. The third-order valence-corrected chi connectivity index (χ3v) is 6.26. The summed E-state index contributed by atoms with van der Waals surface area (Å²) < 4.78 is 11.3. The molecule has 160 valence electrons. The highest BCUT2D eigenvalue weighted by molar-refractivity contribution is 5.96. The normalized spacial score (nSPS) is 20.4. The number of aromatic nitrogens is 1. The van der Waals surface area contributed by atoms with E-state index in [1.165, 1.54) is 18.4 Å². The summed E-state index contributed by atoms with van der Waals surface area (Å²) in [4.78, 5) is 21.6. The summed E-state index contributed by atoms with van der Waals surface area (Å²) in [6.07, 6.45) is 6.08. The monoisotopic (exact) mass is 409 g/mol. The minimum atomic E-state index is 0.0163. The van der Waals surface area contributed by atoms with Crippen molar-refractivity contribution in [2.24, 2.45) is 0 Å². The van der Waals surface area contributed by atoms with E-state index in [4.69, 9.17) is 9.47 Å². The van der Waals surface area contributed by atoms with Crippen LogP contribution in [-0.2, 0) is 11.3 Å². The molecule has 30 heavy (non-hydrogen) atoms. The number of pyridine rings is 1. The summed E-state index contributed by atoms with van der Waals surface area (Å²) in [6.45, 7) is 4.13. The number of hydrogen-bond acceptors (Lipinski definition) is 5. The Bertz CT molecular complexity index is 821. The molecule has 1 aromatic carbocycles. The second-order valence-electron chi connectivity index (χ2n) is 8.12. The number of carbonyl (C=O) groups excluding carboxylic acids is 1. The number of likely N-dealkylation sites (tertiary alicyclic amines) is 2. The smallest absolute Gasteiger partial charge is 0.259 e. The number of ether oxygens (including phenoxy) is 2. The lowest BCUT2D eigenvalue weighted by Crippen LogP contribution is -2.49. The Balaban J connectivity index is 1.28. The van der Waals surface area contributed by atoms with E-state index in [0.717, 1.165) is 39.1 Å². The zero-order valence-corrected chi connectivity index (χ0v) is 17.7. The van der Waals surface area contributed by atoms with Crippen molar-refractivity contribution in [3.63, 3.8) is 0 Å². The van der Waals surface area contributed by atoms with Crippen molar-refractivity contribution in [3.8, 4) is 5.88 Å². The van der Waals surface area contributed by atoms with Crippen molar-refractivity contribution < 1.29 is 14.3 Å². The minimum absolute atomic E-state index is 0.0163. The van der Waals surface area contributed by atoms with E-state index in [-0.39, 0.29) is 5.91 Å². The Morgan fingerprint density at radius 1 is 1.07 bits per heavy atom. The molecule has 3 heterocycles. The average molecular weight is 410 g/mol. The van der Waals surface area contributed by atoms with E-state index in [2.05, 4.69) is 34.1 Å². The summed E-state index contributed by atoms with van der Waals surface area (Å²) in [5.41, 5.74) is 1.77. The molecular formula is C24H31N3O3. The Morgan fingerprint density at radius 3 is 2.63 bits per heavy atom. The van der Waals surface area contributed by atoms with Gasteiger partial charge in [-0.1, -0.05) is 30.3 Å². The number of amides is 1. The maximum Gasteiger partial charge on any atom is 0.259 e. The lowest BCUT2D eigenvalue weighted by molar-refractivity contribution is 0.0313. The van der Waals surface area contributed by atoms with E-state index >= 15 is 0 Å². The quantitative estimate of drug-likeness (QED) is 0.702. The van der Waals surface area contributed by atoms with Crippen LogP contribution in [0.3, 0.4) is 0 Å². The predicted octanol–water partition coefficient (Wildman–Crippen LogP) is 3.38. The summed E-state index contributed by atoms with van der Waals surface area (Å²) in [5, 5.41) is 0. The second-order valence-corrected chi connectivity index (χ2v) is 8.12. The van der Waals surface area contributed by atoms with Crippen LogP contribution < -0.4 is 4.74 Å². The van der Waals surface area contributed by atoms with Crippen LogP contribution >= 0.6 is 0 Å². The lowest BCUT2D eigenvalue weighted by Gasteiger charge is -2.39. The predicted molar refractivity (Wildman–Crippen MR) is 116 cm³/mol. The van der Waals surface area contributed by atoms with Crippen LogP contribution in [0.25, 0.3) is 0 Å². The number of methoxy groups -OCH3 is 1. The van der Waals surface area contributed by atoms with Gasteiger partial charge >= 0.3 is 0 Å². The van der Waals surface area contributed by atoms with Crippen molar-refractivity contribution >= 4 is 5.91 Å². The molecule has 4 rings (SSSR count). The fraction of sp³-hybridized carbons (Fsp3) is 0.500. The summed E-state index contributed by atoms with van der Waals surface area (Å²) in [7, 11) is 1.55. The second kappa shape index (κ2) is 10.0. The van der Waals surface area contributed by atoms with Gasteiger partial charge in [0.2, 0.25) is 5.88 Å². The van der Waals surface area contributed by atoms with Crippen LogP contribution in [0.2, 0.25) is 0 Å². The van der Waals surface area contributed by atoms with Crippen molar-refractivity contribution in [2.75, 3.05) is 33.4 Å². The Labute approximate surface area is 178 Å². The summed E-state index contributed by atoms with van der Waals surface area (Å²) >= 11 is 0. The Hall–Kier alpha value is -2.44. The number of benzene rings is 1. The average Bonchev–Trinajstić information content (AvgIpc) is 3.28. The third-order valence-electron chi connectivity index (χ3n) is 6.26. The van der Waals surface area contributed by atoms with Gasteiger partial charge in [0.15, 0.2) is 0 Å². The minimum Gasteiger partial charge on any atom is -0.480 e. The molecule has 2 aromatic rings. The molecule has 2 fully saturated rings. The number of nitrogens with zero attached hydrogens (tertiary/aromatic N) is 3. The highest BCUT2D eigenvalue weighted by atomic mass is 16.5. The fourth-order valence-electron chi connectivity index (χ4n) is 4.69. The molecule has 1 atom stereocenters. The van der Waals surface area contributed by atoms with Gasteiger partial charge in [0, 0.05) is 31.4 Å². The third kappa shape index (κ3) is 4.82. The number of rotatable bonds is 7. The van der Waals surface area contributed by atoms with Crippen LogP contribution in [-0.4, -0.2) is 66.1 Å². The molecular weight excluding hydrogens is 378 g/mol. The molecule has 2 aliphatic rings. The zero-order chi connectivity index (χ0) is 20.8. The van der Waals surface area contributed by atoms with E-state index in [1.54, 1.807) is 25.4 Å². The highest BCUT2D eigenvalue weighted by Gasteiger charge is 2.34. The summed E-state index contributed by atoms with van der Waals surface area (Å²) in [6, 6.07) is 14.9. The number of hydrogen-bond donors (Lipinski definition) is 0. The Kier molecular flexibility index (Phi) is 6.97. The molecule has 0 bridgehead atoms. The van der Waals surface area contributed by atoms with Gasteiger partial charge in [-0.05, 0) is 49.9 Å². The van der Waals surface area contributed by atoms with Crippen LogP contribution in [0.5, 0.6) is 5.88 Å². The van der Waals surface area contributed by atoms with Gasteiger partial charge < -0.3 is 14.4 Å². The van der Waals surface area contributed by atoms with E-state index in [1.807, 2.05) is 11.0 Å². The molecule has 1 amide bonds. The van der Waals surface area contributed by atoms with Crippen molar-refractivity contribution in [2.45, 2.75) is 44.4 Å². The SMILES string of the molecule is COc1ncccc1C(=O)N1CCC(N2CCCC2COCc2ccccc2)CC1. The van der Waals surface area contributed by atoms with Crippen LogP contribution in [0, 0.1) is 0 Å². The molecule has 2 aliphatic heterocycles. The molecule has 0 spiro atoms. The molecule has 2 saturated heterocycles. The van der Waals surface area contributed by atoms with Crippen molar-refractivity contribution in [3.05, 3.63) is 59.8 Å². The molecule has 0 N–H and O–H groups in total. The number of carbonyl (C=O) groups is 1. The first-order valence-corrected chi connectivity index (χ1v) is 10.9. The van der Waals surface area contributed by atoms with E-state index in [9.17, 15) is 4.79 Å². The van der Waals surface area contributed by atoms with Gasteiger partial charge in [0.05, 0.1) is 20.3 Å². The van der Waals surface area contributed by atoms with Gasteiger partial charge in [-0.3, -0.25) is 9.69 Å². The van der Waals surface area contributed by atoms with Crippen molar-refractivity contribution in [1.29, 1.82) is 0 Å². The fourth-order valence-corrected chi connectivity index (χ4v) is 4.69. The van der Waals surface area contributed by atoms with Gasteiger partial charge in [0.25, 0.3) is 5.91 Å². The first kappa shape index (κ1) is 20.8. The molecule has 1 unspecified atom stereocenters. The van der Waals surface area contributed by atoms with Crippen LogP contribution in [0.15, 0.2) is 48.7 Å². The molecule has 0 aliphatic carbocycles. The molecule has 6 nitrogen and oxygen atoms in total. The first-order chi connectivity index (χ1) is 14.8. The molecule has 0 saturated carbocycles.